The maximum absolute atomic E-state index is 11.5. The highest BCUT2D eigenvalue weighted by atomic mass is 31.1. The van der Waals surface area contributed by atoms with Crippen molar-refractivity contribution in [3.8, 4) is 0 Å². The second-order valence-electron chi connectivity index (χ2n) is 5.62. The van der Waals surface area contributed by atoms with Gasteiger partial charge in [0.15, 0.2) is 18.5 Å². The highest BCUT2D eigenvalue weighted by Crippen LogP contribution is 2.31. The SMILES string of the molecule is CC(C)O[P+](=O)OCC1OC([n+]2cccc(C(N)=O)c2)C(O)C1O. The number of aromatic nitrogens is 1. The summed E-state index contributed by atoms with van der Waals surface area (Å²) in [6.07, 6.45) is -1.62. The predicted octanol–water partition coefficient (Wildman–Crippen LogP) is -0.209. The molecule has 9 nitrogen and oxygen atoms in total. The lowest BCUT2D eigenvalue weighted by molar-refractivity contribution is -0.765. The van der Waals surface area contributed by atoms with Crippen molar-refractivity contribution in [2.24, 2.45) is 5.73 Å². The smallest absolute Gasteiger partial charge is 0.387 e. The lowest BCUT2D eigenvalue weighted by Crippen LogP contribution is -2.46. The van der Waals surface area contributed by atoms with E-state index in [1.165, 1.54) is 16.8 Å². The number of hydrogen-bond donors (Lipinski definition) is 3. The number of carbonyl (C=O) groups excluding carboxylic acids is 1. The van der Waals surface area contributed by atoms with Crippen LogP contribution in [0, 0.1) is 0 Å². The Balaban J connectivity index is 2.03. The van der Waals surface area contributed by atoms with Gasteiger partial charge in [-0.2, -0.15) is 4.57 Å². The molecule has 0 saturated carbocycles. The average molecular weight is 360 g/mol. The third kappa shape index (κ3) is 4.54. The van der Waals surface area contributed by atoms with Crippen LogP contribution in [0.15, 0.2) is 24.5 Å². The van der Waals surface area contributed by atoms with E-state index in [4.69, 9.17) is 19.5 Å². The summed E-state index contributed by atoms with van der Waals surface area (Å²) in [6.45, 7) is 3.20. The van der Waals surface area contributed by atoms with Gasteiger partial charge in [0.05, 0.1) is 0 Å². The molecule has 2 heterocycles. The normalized spacial score (nSPS) is 27.5. The van der Waals surface area contributed by atoms with E-state index in [0.29, 0.717) is 0 Å². The Morgan fingerprint density at radius 3 is 2.79 bits per heavy atom. The molecule has 10 heteroatoms. The Hall–Kier alpha value is -1.48. The van der Waals surface area contributed by atoms with Gasteiger partial charge in [0.2, 0.25) is 0 Å². The van der Waals surface area contributed by atoms with Crippen molar-refractivity contribution in [3.63, 3.8) is 0 Å². The molecule has 0 aliphatic carbocycles. The van der Waals surface area contributed by atoms with Crippen LogP contribution in [0.25, 0.3) is 0 Å². The zero-order chi connectivity index (χ0) is 17.9. The van der Waals surface area contributed by atoms with Gasteiger partial charge in [0.25, 0.3) is 12.1 Å². The van der Waals surface area contributed by atoms with Gasteiger partial charge in [-0.25, -0.2) is 0 Å². The van der Waals surface area contributed by atoms with Crippen LogP contribution >= 0.6 is 8.25 Å². The number of aliphatic hydroxyl groups is 2. The highest BCUT2D eigenvalue weighted by Gasteiger charge is 2.49. The van der Waals surface area contributed by atoms with Crippen molar-refractivity contribution in [3.05, 3.63) is 30.1 Å². The number of aliphatic hydroxyl groups excluding tert-OH is 2. The second kappa shape index (κ2) is 8.06. The summed E-state index contributed by atoms with van der Waals surface area (Å²) < 4.78 is 28.5. The molecule has 1 aromatic heterocycles. The molecule has 1 aliphatic heterocycles. The molecule has 4 N–H and O–H groups in total. The monoisotopic (exact) mass is 360 g/mol. The van der Waals surface area contributed by atoms with E-state index in [1.54, 1.807) is 26.1 Å². The van der Waals surface area contributed by atoms with Crippen LogP contribution in [0.1, 0.15) is 30.4 Å². The lowest BCUT2D eigenvalue weighted by atomic mass is 10.1. The summed E-state index contributed by atoms with van der Waals surface area (Å²) in [5.74, 6) is -0.625. The van der Waals surface area contributed by atoms with Crippen LogP contribution in [-0.4, -0.2) is 47.1 Å². The van der Waals surface area contributed by atoms with Crippen LogP contribution in [0.4, 0.5) is 0 Å². The minimum atomic E-state index is -2.34. The molecule has 0 radical (unpaired) electrons. The van der Waals surface area contributed by atoms with Crippen LogP contribution < -0.4 is 10.3 Å². The van der Waals surface area contributed by atoms with E-state index in [9.17, 15) is 19.6 Å². The fourth-order valence-corrected chi connectivity index (χ4v) is 2.92. The first-order chi connectivity index (χ1) is 11.3. The minimum absolute atomic E-state index is 0.216. The summed E-state index contributed by atoms with van der Waals surface area (Å²) in [5.41, 5.74) is 5.45. The number of amides is 1. The Morgan fingerprint density at radius 1 is 1.46 bits per heavy atom. The van der Waals surface area contributed by atoms with E-state index in [1.807, 2.05) is 0 Å². The zero-order valence-electron chi connectivity index (χ0n) is 13.3. The largest absolute Gasteiger partial charge is 0.697 e. The van der Waals surface area contributed by atoms with Crippen LogP contribution in [0.3, 0.4) is 0 Å². The molecule has 5 unspecified atom stereocenters. The van der Waals surface area contributed by atoms with Crippen LogP contribution in [-0.2, 0) is 18.3 Å². The van der Waals surface area contributed by atoms with Gasteiger partial charge in [-0.3, -0.25) is 4.79 Å². The van der Waals surface area contributed by atoms with Gasteiger partial charge in [-0.1, -0.05) is 0 Å². The third-order valence-electron chi connectivity index (χ3n) is 3.38. The molecule has 1 saturated heterocycles. The maximum atomic E-state index is 11.5. The Morgan fingerprint density at radius 2 is 2.17 bits per heavy atom. The molecule has 0 aromatic carbocycles. The first-order valence-corrected chi connectivity index (χ1v) is 8.48. The number of pyridine rings is 1. The van der Waals surface area contributed by atoms with Crippen molar-refractivity contribution < 1.29 is 37.9 Å². The van der Waals surface area contributed by atoms with Gasteiger partial charge in [-0.05, 0) is 19.9 Å². The van der Waals surface area contributed by atoms with E-state index in [0.717, 1.165) is 0 Å². The molecule has 24 heavy (non-hydrogen) atoms. The Kier molecular flexibility index (Phi) is 6.34. The number of nitrogens with zero attached hydrogens (tertiary/aromatic N) is 1. The van der Waals surface area contributed by atoms with Gasteiger partial charge in [0, 0.05) is 10.6 Å². The summed E-state index contributed by atoms with van der Waals surface area (Å²) in [4.78, 5) is 11.2. The molecule has 1 amide bonds. The Bertz CT molecular complexity index is 613. The van der Waals surface area contributed by atoms with Crippen molar-refractivity contribution >= 4 is 14.2 Å². The van der Waals surface area contributed by atoms with Gasteiger partial charge >= 0.3 is 8.25 Å². The quantitative estimate of drug-likeness (QED) is 0.453. The summed E-state index contributed by atoms with van der Waals surface area (Å²) in [5, 5.41) is 20.2. The number of carbonyl (C=O) groups is 1. The van der Waals surface area contributed by atoms with E-state index >= 15 is 0 Å². The van der Waals surface area contributed by atoms with Crippen molar-refractivity contribution in [2.75, 3.05) is 6.61 Å². The average Bonchev–Trinajstić information content (AvgIpc) is 2.80. The second-order valence-corrected chi connectivity index (χ2v) is 6.54. The third-order valence-corrected chi connectivity index (χ3v) is 4.33. The predicted molar refractivity (Wildman–Crippen MR) is 80.9 cm³/mol. The first-order valence-electron chi connectivity index (χ1n) is 7.38. The molecule has 1 aliphatic rings. The number of rotatable bonds is 7. The minimum Gasteiger partial charge on any atom is -0.387 e. The molecular weight excluding hydrogens is 339 g/mol. The molecule has 5 atom stereocenters. The molecule has 0 bridgehead atoms. The van der Waals surface area contributed by atoms with Gasteiger partial charge in [0.1, 0.15) is 30.5 Å². The van der Waals surface area contributed by atoms with Crippen LogP contribution in [0.2, 0.25) is 0 Å². The standard InChI is InChI=1S/C14H20N2O7P/c1-8(2)23-24(20)21-7-10-11(17)12(18)14(22-10)16-5-3-4-9(6-16)13(15)19/h3-6,8,10-12,14,17-18H,7H2,1-2H3,(H-,15,19)/q+1/p+1. The number of hydrogen-bond acceptors (Lipinski definition) is 7. The van der Waals surface area contributed by atoms with E-state index in [2.05, 4.69) is 0 Å². The number of nitrogens with two attached hydrogens (primary N) is 1. The van der Waals surface area contributed by atoms with E-state index < -0.39 is 38.7 Å². The number of ether oxygens (including phenoxy) is 1. The lowest BCUT2D eigenvalue weighted by Gasteiger charge is -2.09. The summed E-state index contributed by atoms with van der Waals surface area (Å²) >= 11 is 0. The molecule has 0 spiro atoms. The molecular formula is C14H21N2O7P+2. The first kappa shape index (κ1) is 18.9. The summed E-state index contributed by atoms with van der Waals surface area (Å²) in [7, 11) is -2.34. The van der Waals surface area contributed by atoms with Crippen LogP contribution in [0.5, 0.6) is 0 Å². The molecule has 1 fully saturated rings. The van der Waals surface area contributed by atoms with Gasteiger partial charge in [-0.15, -0.1) is 9.05 Å². The molecule has 2 rings (SSSR count). The highest BCUT2D eigenvalue weighted by molar-refractivity contribution is 7.33. The fraction of sp³-hybridized carbons (Fsp3) is 0.571. The van der Waals surface area contributed by atoms with Crippen molar-refractivity contribution in [1.82, 2.24) is 0 Å². The molecule has 1 aromatic rings. The van der Waals surface area contributed by atoms with Crippen molar-refractivity contribution in [2.45, 2.75) is 44.5 Å². The molecule has 132 valence electrons. The number of primary amides is 1. The topological polar surface area (TPSA) is 132 Å². The summed E-state index contributed by atoms with van der Waals surface area (Å²) in [6, 6.07) is 3.09. The Labute approximate surface area is 139 Å². The maximum Gasteiger partial charge on any atom is 0.697 e. The fourth-order valence-electron chi connectivity index (χ4n) is 2.25. The van der Waals surface area contributed by atoms with Crippen molar-refractivity contribution in [1.29, 1.82) is 0 Å². The van der Waals surface area contributed by atoms with Gasteiger partial charge < -0.3 is 20.7 Å². The van der Waals surface area contributed by atoms with E-state index in [-0.39, 0.29) is 18.3 Å². The zero-order valence-corrected chi connectivity index (χ0v) is 14.2.